The van der Waals surface area contributed by atoms with Gasteiger partial charge >= 0.3 is 0 Å². The first-order chi connectivity index (χ1) is 14.1. The smallest absolute Gasteiger partial charge is 0.231 e. The average molecular weight is 414 g/mol. The van der Waals surface area contributed by atoms with Crippen molar-refractivity contribution in [3.8, 4) is 17.2 Å². The highest BCUT2D eigenvalue weighted by atomic mass is 32.2. The van der Waals surface area contributed by atoms with E-state index in [2.05, 4.69) is 21.6 Å². The maximum absolute atomic E-state index is 10.3. The number of thioether (sulfide) groups is 1. The summed E-state index contributed by atoms with van der Waals surface area (Å²) in [6.45, 7) is 4.90. The van der Waals surface area contributed by atoms with Crippen LogP contribution < -0.4 is 9.47 Å². The number of hydrogen-bond acceptors (Lipinski definition) is 8. The summed E-state index contributed by atoms with van der Waals surface area (Å²) in [5.41, 5.74) is 4.12. The molecule has 2 aromatic carbocycles. The van der Waals surface area contributed by atoms with Crippen molar-refractivity contribution in [3.63, 3.8) is 0 Å². The summed E-state index contributed by atoms with van der Waals surface area (Å²) in [6.07, 6.45) is -0.641. The Labute approximate surface area is 172 Å². The van der Waals surface area contributed by atoms with Crippen LogP contribution in [0.2, 0.25) is 0 Å². The number of rotatable bonds is 8. The fraction of sp³-hybridized carbons (Fsp3) is 0.350. The van der Waals surface area contributed by atoms with Crippen LogP contribution >= 0.6 is 11.8 Å². The number of aliphatic hydroxyl groups is 1. The molecule has 0 saturated heterocycles. The summed E-state index contributed by atoms with van der Waals surface area (Å²) in [5, 5.41) is 22.9. The van der Waals surface area contributed by atoms with Gasteiger partial charge in [-0.1, -0.05) is 30.0 Å². The summed E-state index contributed by atoms with van der Waals surface area (Å²) in [7, 11) is 0. The number of aliphatic hydroxyl groups excluding tert-OH is 1. The molecule has 0 radical (unpaired) electrons. The highest BCUT2D eigenvalue weighted by Gasteiger charge is 2.15. The van der Waals surface area contributed by atoms with E-state index in [1.807, 2.05) is 44.2 Å². The molecule has 2 heterocycles. The fourth-order valence-electron chi connectivity index (χ4n) is 2.93. The summed E-state index contributed by atoms with van der Waals surface area (Å²) in [5.74, 6) is 1.89. The lowest BCUT2D eigenvalue weighted by Gasteiger charge is -2.12. The van der Waals surface area contributed by atoms with Crippen LogP contribution in [0.3, 0.4) is 0 Å². The van der Waals surface area contributed by atoms with E-state index in [4.69, 9.17) is 14.2 Å². The van der Waals surface area contributed by atoms with E-state index >= 15 is 0 Å². The van der Waals surface area contributed by atoms with Gasteiger partial charge in [-0.25, -0.2) is 0 Å². The van der Waals surface area contributed by atoms with Gasteiger partial charge in [-0.2, -0.15) is 4.68 Å². The Balaban J connectivity index is 1.29. The molecule has 0 aliphatic carbocycles. The van der Waals surface area contributed by atoms with Gasteiger partial charge < -0.3 is 19.3 Å². The van der Waals surface area contributed by atoms with Gasteiger partial charge in [0.15, 0.2) is 11.5 Å². The van der Waals surface area contributed by atoms with Crippen LogP contribution in [0.1, 0.15) is 16.7 Å². The molecule has 9 heteroatoms. The van der Waals surface area contributed by atoms with Crippen molar-refractivity contribution in [3.05, 3.63) is 53.1 Å². The monoisotopic (exact) mass is 414 g/mol. The molecule has 0 unspecified atom stereocenters. The molecule has 1 N–H and O–H groups in total. The van der Waals surface area contributed by atoms with Crippen molar-refractivity contribution >= 4 is 11.8 Å². The third-order valence-corrected chi connectivity index (χ3v) is 5.52. The third-order valence-electron chi connectivity index (χ3n) is 4.45. The predicted molar refractivity (Wildman–Crippen MR) is 108 cm³/mol. The number of hydrogen-bond donors (Lipinski definition) is 1. The molecule has 0 bridgehead atoms. The normalized spacial score (nSPS) is 13.6. The van der Waals surface area contributed by atoms with Gasteiger partial charge in [0.05, 0.1) is 25.0 Å². The Morgan fingerprint density at radius 2 is 2.03 bits per heavy atom. The zero-order valence-electron chi connectivity index (χ0n) is 16.2. The van der Waals surface area contributed by atoms with E-state index < -0.39 is 6.10 Å². The van der Waals surface area contributed by atoms with Crippen LogP contribution in [0.15, 0.2) is 41.6 Å². The van der Waals surface area contributed by atoms with Gasteiger partial charge in [-0.05, 0) is 59.2 Å². The lowest BCUT2D eigenvalue weighted by Crippen LogP contribution is -2.18. The Hall–Kier alpha value is -2.62. The minimum atomic E-state index is -0.641. The Kier molecular flexibility index (Phi) is 5.98. The van der Waals surface area contributed by atoms with E-state index in [1.54, 1.807) is 4.68 Å². The van der Waals surface area contributed by atoms with Crippen molar-refractivity contribution in [1.82, 2.24) is 20.2 Å². The quantitative estimate of drug-likeness (QED) is 0.563. The second-order valence-corrected chi connectivity index (χ2v) is 7.82. The average Bonchev–Trinajstić information content (AvgIpc) is 3.37. The first kappa shape index (κ1) is 19.7. The molecule has 29 heavy (non-hydrogen) atoms. The Bertz CT molecular complexity index is 994. The molecule has 0 spiro atoms. The highest BCUT2D eigenvalue weighted by Crippen LogP contribution is 2.32. The molecule has 1 atom stereocenters. The summed E-state index contributed by atoms with van der Waals surface area (Å²) in [6, 6.07) is 11.8. The summed E-state index contributed by atoms with van der Waals surface area (Å²) in [4.78, 5) is 0. The van der Waals surface area contributed by atoms with Crippen LogP contribution in [0.25, 0.3) is 5.69 Å². The zero-order chi connectivity index (χ0) is 20.2. The molecule has 1 aromatic heterocycles. The molecule has 3 aromatic rings. The molecule has 0 saturated carbocycles. The number of aromatic nitrogens is 4. The standard InChI is InChI=1S/C20H22N4O4S/c1-13-3-4-14(2)17(7-13)24-20(21-22-23-24)29-11-16(25)10-26-9-15-5-6-18-19(8-15)28-12-27-18/h3-8,16,25H,9-12H2,1-2H3/t16-/m0/s1. The number of tetrazole rings is 1. The van der Waals surface area contributed by atoms with Crippen LogP contribution in [0.5, 0.6) is 11.5 Å². The van der Waals surface area contributed by atoms with Crippen molar-refractivity contribution in [1.29, 1.82) is 0 Å². The van der Waals surface area contributed by atoms with Crippen molar-refractivity contribution in [2.75, 3.05) is 19.2 Å². The second kappa shape index (κ2) is 8.81. The molecule has 8 nitrogen and oxygen atoms in total. The molecule has 1 aliphatic rings. The maximum Gasteiger partial charge on any atom is 0.231 e. The van der Waals surface area contributed by atoms with Gasteiger partial charge in [0.2, 0.25) is 11.9 Å². The van der Waals surface area contributed by atoms with Crippen LogP contribution in [0.4, 0.5) is 0 Å². The van der Waals surface area contributed by atoms with Gasteiger partial charge in [-0.3, -0.25) is 0 Å². The summed E-state index contributed by atoms with van der Waals surface area (Å²) >= 11 is 1.39. The molecule has 0 amide bonds. The van der Waals surface area contributed by atoms with Crippen molar-refractivity contribution < 1.29 is 19.3 Å². The summed E-state index contributed by atoms with van der Waals surface area (Å²) < 4.78 is 18.0. The second-order valence-electron chi connectivity index (χ2n) is 6.83. The minimum Gasteiger partial charge on any atom is -0.454 e. The molecule has 1 aliphatic heterocycles. The third kappa shape index (κ3) is 4.69. The highest BCUT2D eigenvalue weighted by molar-refractivity contribution is 7.99. The van der Waals surface area contributed by atoms with E-state index in [9.17, 15) is 5.11 Å². The van der Waals surface area contributed by atoms with E-state index in [-0.39, 0.29) is 13.4 Å². The number of benzene rings is 2. The molecular formula is C20H22N4O4S. The topological polar surface area (TPSA) is 91.5 Å². The largest absolute Gasteiger partial charge is 0.454 e. The van der Waals surface area contributed by atoms with Gasteiger partial charge in [0, 0.05) is 5.75 Å². The minimum absolute atomic E-state index is 0.215. The van der Waals surface area contributed by atoms with Crippen molar-refractivity contribution in [2.24, 2.45) is 0 Å². The fourth-order valence-corrected chi connectivity index (χ4v) is 3.72. The van der Waals surface area contributed by atoms with Crippen LogP contribution in [0, 0.1) is 13.8 Å². The molecule has 0 fully saturated rings. The predicted octanol–water partition coefficient (Wildman–Crippen LogP) is 2.68. The first-order valence-corrected chi connectivity index (χ1v) is 10.2. The van der Waals surface area contributed by atoms with E-state index in [0.717, 1.165) is 33.9 Å². The number of ether oxygens (including phenoxy) is 3. The number of nitrogens with zero attached hydrogens (tertiary/aromatic N) is 4. The van der Waals surface area contributed by atoms with Crippen LogP contribution in [-0.2, 0) is 11.3 Å². The van der Waals surface area contributed by atoms with Gasteiger partial charge in [0.25, 0.3) is 0 Å². The molecular weight excluding hydrogens is 392 g/mol. The number of fused-ring (bicyclic) bond motifs is 1. The Morgan fingerprint density at radius 3 is 2.93 bits per heavy atom. The lowest BCUT2D eigenvalue weighted by atomic mass is 10.1. The van der Waals surface area contributed by atoms with Crippen molar-refractivity contribution in [2.45, 2.75) is 31.7 Å². The van der Waals surface area contributed by atoms with E-state index in [0.29, 0.717) is 17.5 Å². The van der Waals surface area contributed by atoms with Crippen LogP contribution in [-0.4, -0.2) is 50.6 Å². The van der Waals surface area contributed by atoms with E-state index in [1.165, 1.54) is 11.8 Å². The number of aryl methyl sites for hydroxylation is 2. The maximum atomic E-state index is 10.3. The lowest BCUT2D eigenvalue weighted by molar-refractivity contribution is 0.0397. The molecule has 4 rings (SSSR count). The zero-order valence-corrected chi connectivity index (χ0v) is 17.1. The van der Waals surface area contributed by atoms with Gasteiger partial charge in [0.1, 0.15) is 0 Å². The molecule has 152 valence electrons. The van der Waals surface area contributed by atoms with Gasteiger partial charge in [-0.15, -0.1) is 5.10 Å². The SMILES string of the molecule is Cc1ccc(C)c(-n2nnnc2SC[C@@H](O)COCc2ccc3c(c2)OCO3)c1. The Morgan fingerprint density at radius 1 is 1.17 bits per heavy atom. The first-order valence-electron chi connectivity index (χ1n) is 9.23.